The van der Waals surface area contributed by atoms with E-state index in [0.717, 1.165) is 25.8 Å². The minimum Gasteiger partial charge on any atom is -0.340 e. The number of carbonyl (C=O) groups is 1. The molecule has 1 fully saturated rings. The molecule has 1 amide bonds. The Labute approximate surface area is 223 Å². The maximum atomic E-state index is 12.7. The Morgan fingerprint density at radius 3 is 1.94 bits per heavy atom. The van der Waals surface area contributed by atoms with Gasteiger partial charge in [0, 0.05) is 31.6 Å². The Morgan fingerprint density at radius 1 is 0.917 bits per heavy atom. The van der Waals surface area contributed by atoms with Crippen LogP contribution in [0.4, 0.5) is 0 Å². The molecule has 0 bridgehead atoms. The highest BCUT2D eigenvalue weighted by Gasteiger charge is 2.32. The van der Waals surface area contributed by atoms with Gasteiger partial charge in [0.05, 0.1) is 25.2 Å². The molecule has 2 atom stereocenters. The molecule has 36 heavy (non-hydrogen) atoms. The number of nitrogens with zero attached hydrogens (tertiary/aromatic N) is 3. The predicted molar refractivity (Wildman–Crippen MR) is 148 cm³/mol. The van der Waals surface area contributed by atoms with E-state index in [1.807, 2.05) is 4.90 Å². The summed E-state index contributed by atoms with van der Waals surface area (Å²) in [4.78, 5) is 16.9. The molecule has 0 saturated carbocycles. The van der Waals surface area contributed by atoms with Crippen LogP contribution in [-0.2, 0) is 14.3 Å². The van der Waals surface area contributed by atoms with Gasteiger partial charge in [-0.1, -0.05) is 84.0 Å². The van der Waals surface area contributed by atoms with Crippen molar-refractivity contribution in [3.05, 3.63) is 0 Å². The summed E-state index contributed by atoms with van der Waals surface area (Å²) in [7, 11) is 0. The smallest absolute Gasteiger partial charge is 0.222 e. The molecule has 0 aromatic rings. The molecule has 1 aliphatic rings. The predicted octanol–water partition coefficient (Wildman–Crippen LogP) is 7.42. The van der Waals surface area contributed by atoms with E-state index < -0.39 is 6.41 Å². The van der Waals surface area contributed by atoms with Crippen LogP contribution in [0.5, 0.6) is 0 Å². The maximum Gasteiger partial charge on any atom is 0.222 e. The van der Waals surface area contributed by atoms with Gasteiger partial charge in [-0.25, -0.2) is 0 Å². The molecule has 210 valence electrons. The van der Waals surface area contributed by atoms with E-state index in [2.05, 4.69) is 45.6 Å². The lowest BCUT2D eigenvalue weighted by Gasteiger charge is -2.38. The van der Waals surface area contributed by atoms with Crippen LogP contribution in [0.1, 0.15) is 137 Å². The Morgan fingerprint density at radius 2 is 1.44 bits per heavy atom. The van der Waals surface area contributed by atoms with Crippen LogP contribution < -0.4 is 0 Å². The number of rotatable bonds is 22. The number of carbonyl (C=O) groups excluding carboxylic acids is 1. The number of likely N-dealkylation sites (tertiary alicyclic amines) is 1. The summed E-state index contributed by atoms with van der Waals surface area (Å²) in [5.41, 5.74) is 0. The second-order valence-corrected chi connectivity index (χ2v) is 11.1. The van der Waals surface area contributed by atoms with Gasteiger partial charge >= 0.3 is 0 Å². The van der Waals surface area contributed by atoms with Crippen LogP contribution in [-0.4, -0.2) is 60.0 Å². The van der Waals surface area contributed by atoms with Crippen molar-refractivity contribution in [2.45, 2.75) is 162 Å². The molecule has 6 heteroatoms. The fourth-order valence-electron chi connectivity index (χ4n) is 5.17. The number of nitriles is 1. The van der Waals surface area contributed by atoms with E-state index in [1.165, 1.54) is 70.6 Å². The highest BCUT2D eigenvalue weighted by atomic mass is 16.7. The van der Waals surface area contributed by atoms with Gasteiger partial charge in [0.15, 0.2) is 0 Å². The Kier molecular flexibility index (Phi) is 19.0. The standard InChI is InChI=1S/C30H57N3O3/c1-6-7-8-9-10-11-12-13-14-15-16-17-18-20-29(34)32-23-21-28(25-32)36-30(35-24-19-22-31)33(26(2)3)27(4)5/h26-28,30H,6-21,23-25H2,1-5H3/t28-,30?/m0/s1. The van der Waals surface area contributed by atoms with Crippen molar-refractivity contribution in [1.82, 2.24) is 9.80 Å². The lowest BCUT2D eigenvalue weighted by Crippen LogP contribution is -2.49. The van der Waals surface area contributed by atoms with E-state index >= 15 is 0 Å². The normalized spacial score (nSPS) is 16.9. The summed E-state index contributed by atoms with van der Waals surface area (Å²) in [6, 6.07) is 2.65. The second kappa shape index (κ2) is 20.8. The Hall–Kier alpha value is -1.16. The first-order valence-electron chi connectivity index (χ1n) is 15.1. The molecule has 1 rings (SSSR count). The third kappa shape index (κ3) is 14.5. The number of ether oxygens (including phenoxy) is 2. The van der Waals surface area contributed by atoms with Crippen LogP contribution in [0.25, 0.3) is 0 Å². The highest BCUT2D eigenvalue weighted by molar-refractivity contribution is 5.76. The van der Waals surface area contributed by atoms with Gasteiger partial charge in [-0.2, -0.15) is 5.26 Å². The minimum atomic E-state index is -0.487. The molecule has 0 spiro atoms. The van der Waals surface area contributed by atoms with Gasteiger partial charge in [-0.15, -0.1) is 0 Å². The molecular weight excluding hydrogens is 450 g/mol. The Bertz CT molecular complexity index is 582. The summed E-state index contributed by atoms with van der Waals surface area (Å²) in [6.45, 7) is 12.5. The van der Waals surface area contributed by atoms with Crippen molar-refractivity contribution in [3.63, 3.8) is 0 Å². The zero-order valence-electron chi connectivity index (χ0n) is 24.3. The quantitative estimate of drug-likeness (QED) is 0.113. The molecule has 0 aromatic heterocycles. The van der Waals surface area contributed by atoms with E-state index in [1.54, 1.807) is 0 Å². The summed E-state index contributed by atoms with van der Waals surface area (Å²) in [5, 5.41) is 8.88. The average Bonchev–Trinajstić information content (AvgIpc) is 3.30. The number of unbranched alkanes of at least 4 members (excludes halogenated alkanes) is 12. The fourth-order valence-corrected chi connectivity index (χ4v) is 5.17. The maximum absolute atomic E-state index is 12.7. The van der Waals surface area contributed by atoms with Crippen molar-refractivity contribution in [2.24, 2.45) is 0 Å². The molecule has 1 saturated heterocycles. The van der Waals surface area contributed by atoms with Crippen molar-refractivity contribution in [1.29, 1.82) is 5.26 Å². The summed E-state index contributed by atoms with van der Waals surface area (Å²) in [5.74, 6) is 0.260. The van der Waals surface area contributed by atoms with Crippen molar-refractivity contribution in [2.75, 3.05) is 19.7 Å². The zero-order valence-corrected chi connectivity index (χ0v) is 24.3. The zero-order chi connectivity index (χ0) is 26.6. The molecule has 1 heterocycles. The van der Waals surface area contributed by atoms with Gasteiger partial charge in [0.25, 0.3) is 0 Å². The highest BCUT2D eigenvalue weighted by Crippen LogP contribution is 2.21. The number of amides is 1. The van der Waals surface area contributed by atoms with E-state index in [9.17, 15) is 4.79 Å². The van der Waals surface area contributed by atoms with Gasteiger partial charge < -0.3 is 14.4 Å². The molecule has 1 unspecified atom stereocenters. The largest absolute Gasteiger partial charge is 0.340 e. The molecule has 0 aromatic carbocycles. The van der Waals surface area contributed by atoms with Crippen molar-refractivity contribution < 1.29 is 14.3 Å². The van der Waals surface area contributed by atoms with E-state index in [0.29, 0.717) is 26.0 Å². The molecule has 0 aliphatic carbocycles. The van der Waals surface area contributed by atoms with E-state index in [4.69, 9.17) is 14.7 Å². The molecule has 0 N–H and O–H groups in total. The summed E-state index contributed by atoms with van der Waals surface area (Å²) >= 11 is 0. The second-order valence-electron chi connectivity index (χ2n) is 11.1. The lowest BCUT2D eigenvalue weighted by molar-refractivity contribution is -0.257. The van der Waals surface area contributed by atoms with Gasteiger partial charge in [-0.05, 0) is 40.5 Å². The van der Waals surface area contributed by atoms with Crippen LogP contribution in [0.15, 0.2) is 0 Å². The van der Waals surface area contributed by atoms with Crippen molar-refractivity contribution >= 4 is 5.91 Å². The first-order valence-corrected chi connectivity index (χ1v) is 15.1. The van der Waals surface area contributed by atoms with Gasteiger partial charge in [0.1, 0.15) is 0 Å². The first-order chi connectivity index (χ1) is 17.4. The summed E-state index contributed by atoms with van der Waals surface area (Å²) < 4.78 is 12.3. The SMILES string of the molecule is CCCCCCCCCCCCCCCC(=O)N1CC[C@H](OC(OCCC#N)N(C(C)C)C(C)C)C1. The van der Waals surface area contributed by atoms with Crippen LogP contribution in [0.3, 0.4) is 0 Å². The lowest BCUT2D eigenvalue weighted by atomic mass is 10.0. The third-order valence-electron chi connectivity index (χ3n) is 7.21. The molecular formula is C30H57N3O3. The summed E-state index contributed by atoms with van der Waals surface area (Å²) in [6.07, 6.45) is 18.5. The van der Waals surface area contributed by atoms with Crippen LogP contribution in [0.2, 0.25) is 0 Å². The Balaban J connectivity index is 2.21. The fraction of sp³-hybridized carbons (Fsp3) is 0.933. The monoisotopic (exact) mass is 507 g/mol. The van der Waals surface area contributed by atoms with E-state index in [-0.39, 0.29) is 24.1 Å². The number of hydrogen-bond donors (Lipinski definition) is 0. The molecule has 0 radical (unpaired) electrons. The third-order valence-corrected chi connectivity index (χ3v) is 7.21. The minimum absolute atomic E-state index is 0.0207. The topological polar surface area (TPSA) is 65.8 Å². The molecule has 6 nitrogen and oxygen atoms in total. The molecule has 1 aliphatic heterocycles. The number of hydrogen-bond acceptors (Lipinski definition) is 5. The van der Waals surface area contributed by atoms with Gasteiger partial charge in [0.2, 0.25) is 12.3 Å². The van der Waals surface area contributed by atoms with Gasteiger partial charge in [-0.3, -0.25) is 9.69 Å². The van der Waals surface area contributed by atoms with Crippen molar-refractivity contribution in [3.8, 4) is 6.07 Å². The van der Waals surface area contributed by atoms with Crippen LogP contribution >= 0.6 is 0 Å². The first kappa shape index (κ1) is 32.9. The average molecular weight is 508 g/mol. The van der Waals surface area contributed by atoms with Crippen LogP contribution in [0, 0.1) is 11.3 Å².